The van der Waals surface area contributed by atoms with Gasteiger partial charge in [0.25, 0.3) is 5.91 Å². The highest BCUT2D eigenvalue weighted by Gasteiger charge is 2.24. The molecule has 4 N–H and O–H groups in total. The highest BCUT2D eigenvalue weighted by molar-refractivity contribution is 9.10. The van der Waals surface area contributed by atoms with E-state index in [0.29, 0.717) is 22.1 Å². The van der Waals surface area contributed by atoms with Crippen LogP contribution in [0.2, 0.25) is 5.02 Å². The van der Waals surface area contributed by atoms with Crippen molar-refractivity contribution in [1.82, 2.24) is 15.0 Å². The number of piperidine rings is 1. The molecule has 4 rings (SSSR count). The van der Waals surface area contributed by atoms with Crippen molar-refractivity contribution >= 4 is 68.3 Å². The van der Waals surface area contributed by atoms with Crippen molar-refractivity contribution in [1.29, 1.82) is 0 Å². The van der Waals surface area contributed by atoms with Gasteiger partial charge in [0, 0.05) is 37.7 Å². The van der Waals surface area contributed by atoms with E-state index in [2.05, 4.69) is 41.1 Å². The molecule has 1 unspecified atom stereocenters. The third-order valence-electron chi connectivity index (χ3n) is 4.61. The summed E-state index contributed by atoms with van der Waals surface area (Å²) in [7, 11) is 0. The number of carbonyl (C=O) groups is 1. The van der Waals surface area contributed by atoms with Crippen LogP contribution in [0.4, 0.5) is 11.4 Å². The number of hydrogen-bond donors (Lipinski definition) is 3. The molecule has 3 aromatic heterocycles. The molecule has 0 radical (unpaired) electrons. The lowest BCUT2D eigenvalue weighted by Crippen LogP contribution is -2.43. The fraction of sp³-hybridized carbons (Fsp3) is 0.278. The van der Waals surface area contributed by atoms with E-state index >= 15 is 0 Å². The Morgan fingerprint density at radius 1 is 1.36 bits per heavy atom. The number of nitrogens with two attached hydrogens (primary N) is 1. The van der Waals surface area contributed by atoms with E-state index in [4.69, 9.17) is 17.3 Å². The van der Waals surface area contributed by atoms with E-state index < -0.39 is 0 Å². The van der Waals surface area contributed by atoms with Gasteiger partial charge in [0.15, 0.2) is 0 Å². The lowest BCUT2D eigenvalue weighted by atomic mass is 10.1. The third-order valence-corrected chi connectivity index (χ3v) is 5.42. The zero-order valence-corrected chi connectivity index (χ0v) is 17.9. The number of rotatable bonds is 3. The first-order valence-corrected chi connectivity index (χ1v) is 9.79. The number of H-pyrrole nitrogens is 1. The molecule has 0 aliphatic carbocycles. The van der Waals surface area contributed by atoms with Crippen molar-refractivity contribution in [2.45, 2.75) is 18.9 Å². The number of hydrogen-bond acceptors (Lipinski definition) is 5. The fourth-order valence-electron chi connectivity index (χ4n) is 3.37. The highest BCUT2D eigenvalue weighted by atomic mass is 79.9. The van der Waals surface area contributed by atoms with Gasteiger partial charge in [-0.3, -0.25) is 4.79 Å². The molecule has 1 saturated heterocycles. The normalized spacial score (nSPS) is 16.7. The Labute approximate surface area is 181 Å². The van der Waals surface area contributed by atoms with Gasteiger partial charge in [0.2, 0.25) is 0 Å². The Hall–Kier alpha value is -1.87. The molecule has 0 spiro atoms. The summed E-state index contributed by atoms with van der Waals surface area (Å²) in [6, 6.07) is 3.35. The van der Waals surface area contributed by atoms with Crippen molar-refractivity contribution < 1.29 is 4.79 Å². The molecule has 1 aliphatic heterocycles. The Balaban J connectivity index is 0.00000225. The lowest BCUT2D eigenvalue weighted by molar-refractivity contribution is 0.102. The molecular weight excluding hydrogens is 467 g/mol. The van der Waals surface area contributed by atoms with Crippen molar-refractivity contribution in [2.24, 2.45) is 5.73 Å². The number of nitrogens with zero attached hydrogens (tertiary/aromatic N) is 3. The molecule has 0 bridgehead atoms. The minimum absolute atomic E-state index is 0. The molecule has 1 atom stereocenters. The number of halogens is 3. The van der Waals surface area contributed by atoms with E-state index in [1.165, 1.54) is 6.20 Å². The zero-order chi connectivity index (χ0) is 19.0. The third kappa shape index (κ3) is 4.10. The second-order valence-corrected chi connectivity index (χ2v) is 7.84. The number of fused-ring (bicyclic) bond motifs is 1. The van der Waals surface area contributed by atoms with Gasteiger partial charge >= 0.3 is 0 Å². The predicted molar refractivity (Wildman–Crippen MR) is 118 cm³/mol. The first-order valence-electron chi connectivity index (χ1n) is 8.62. The quantitative estimate of drug-likeness (QED) is 0.521. The second-order valence-electron chi connectivity index (χ2n) is 6.54. The standard InChI is InChI=1S/C18H18BrClN6O.ClH/c19-12-7-23-17-15(16(12)26-5-1-2-11(21)9-26)14(8-24-17)25-18(27)13-4-3-10(20)6-22-13;/h3-4,6-8,11H,1-2,5,9,21H2,(H,23,24)(H,25,27);1H. The van der Waals surface area contributed by atoms with Gasteiger partial charge in [-0.25, -0.2) is 9.97 Å². The van der Waals surface area contributed by atoms with E-state index in [9.17, 15) is 4.79 Å². The summed E-state index contributed by atoms with van der Waals surface area (Å²) in [5.41, 5.74) is 8.79. The Morgan fingerprint density at radius 3 is 2.89 bits per heavy atom. The van der Waals surface area contributed by atoms with Crippen LogP contribution in [0.3, 0.4) is 0 Å². The number of nitrogens with one attached hydrogen (secondary N) is 2. The van der Waals surface area contributed by atoms with Gasteiger partial charge in [-0.2, -0.15) is 0 Å². The molecule has 4 heterocycles. The van der Waals surface area contributed by atoms with E-state index in [0.717, 1.165) is 41.5 Å². The molecule has 0 aromatic carbocycles. The van der Waals surface area contributed by atoms with Gasteiger partial charge in [0.1, 0.15) is 11.3 Å². The zero-order valence-electron chi connectivity index (χ0n) is 14.8. The Bertz CT molecular complexity index is 994. The topological polar surface area (TPSA) is 99.9 Å². The molecule has 0 saturated carbocycles. The van der Waals surface area contributed by atoms with Crippen LogP contribution >= 0.6 is 39.9 Å². The monoisotopic (exact) mass is 484 g/mol. The molecular formula is C18H19BrCl2N6O. The minimum Gasteiger partial charge on any atom is -0.368 e. The Morgan fingerprint density at radius 2 is 2.18 bits per heavy atom. The van der Waals surface area contributed by atoms with Crippen LogP contribution < -0.4 is 16.0 Å². The van der Waals surface area contributed by atoms with Gasteiger partial charge in [-0.05, 0) is 40.9 Å². The average Bonchev–Trinajstić information content (AvgIpc) is 3.05. The number of pyridine rings is 2. The van der Waals surface area contributed by atoms with Gasteiger partial charge in [-0.1, -0.05) is 11.6 Å². The smallest absolute Gasteiger partial charge is 0.274 e. The van der Waals surface area contributed by atoms with Gasteiger partial charge in [0.05, 0.1) is 26.3 Å². The molecule has 7 nitrogen and oxygen atoms in total. The Kier molecular flexibility index (Phi) is 6.44. The van der Waals surface area contributed by atoms with Crippen LogP contribution in [0.15, 0.2) is 35.2 Å². The fourth-order valence-corrected chi connectivity index (χ4v) is 4.04. The minimum atomic E-state index is -0.311. The molecule has 3 aromatic rings. The summed E-state index contributed by atoms with van der Waals surface area (Å²) in [4.78, 5) is 26.5. The van der Waals surface area contributed by atoms with E-state index in [-0.39, 0.29) is 24.4 Å². The van der Waals surface area contributed by atoms with Crippen LogP contribution in [0.1, 0.15) is 23.3 Å². The van der Waals surface area contributed by atoms with E-state index in [1.807, 2.05) is 0 Å². The van der Waals surface area contributed by atoms with Crippen molar-refractivity contribution in [3.8, 4) is 0 Å². The summed E-state index contributed by atoms with van der Waals surface area (Å²) >= 11 is 9.46. The molecule has 28 heavy (non-hydrogen) atoms. The highest BCUT2D eigenvalue weighted by Crippen LogP contribution is 2.38. The summed E-state index contributed by atoms with van der Waals surface area (Å²) in [6.07, 6.45) is 7.00. The lowest BCUT2D eigenvalue weighted by Gasteiger charge is -2.33. The van der Waals surface area contributed by atoms with Crippen LogP contribution in [-0.2, 0) is 0 Å². The maximum Gasteiger partial charge on any atom is 0.274 e. The molecule has 148 valence electrons. The SMILES string of the molecule is Cl.NC1CCCN(c2c(Br)cnc3[nH]cc(NC(=O)c4ccc(Cl)cn4)c23)C1. The molecule has 1 fully saturated rings. The number of anilines is 2. The van der Waals surface area contributed by atoms with E-state index in [1.54, 1.807) is 24.5 Å². The molecule has 1 amide bonds. The molecule has 1 aliphatic rings. The van der Waals surface area contributed by atoms with Gasteiger partial charge < -0.3 is 20.9 Å². The summed E-state index contributed by atoms with van der Waals surface area (Å²) in [6.45, 7) is 1.66. The predicted octanol–water partition coefficient (Wildman–Crippen LogP) is 3.98. The first-order chi connectivity index (χ1) is 13.0. The first kappa shape index (κ1) is 20.9. The number of amides is 1. The number of aromatic amines is 1. The maximum absolute atomic E-state index is 12.6. The summed E-state index contributed by atoms with van der Waals surface area (Å²) in [5.74, 6) is -0.311. The second kappa shape index (κ2) is 8.65. The van der Waals surface area contributed by atoms with Crippen molar-refractivity contribution in [3.05, 3.63) is 45.9 Å². The van der Waals surface area contributed by atoms with Crippen LogP contribution in [0.5, 0.6) is 0 Å². The van der Waals surface area contributed by atoms with Crippen molar-refractivity contribution in [3.63, 3.8) is 0 Å². The average molecular weight is 486 g/mol. The largest absolute Gasteiger partial charge is 0.368 e. The van der Waals surface area contributed by atoms with Crippen LogP contribution in [-0.4, -0.2) is 40.0 Å². The molecule has 10 heteroatoms. The number of aromatic nitrogens is 3. The maximum atomic E-state index is 12.6. The van der Waals surface area contributed by atoms with Crippen molar-refractivity contribution in [2.75, 3.05) is 23.3 Å². The van der Waals surface area contributed by atoms with Crippen LogP contribution in [0, 0.1) is 0 Å². The van der Waals surface area contributed by atoms with Gasteiger partial charge in [-0.15, -0.1) is 12.4 Å². The summed E-state index contributed by atoms with van der Waals surface area (Å²) < 4.78 is 0.865. The number of carbonyl (C=O) groups excluding carboxylic acids is 1. The summed E-state index contributed by atoms with van der Waals surface area (Å²) in [5, 5.41) is 4.25. The van der Waals surface area contributed by atoms with Crippen LogP contribution in [0.25, 0.3) is 11.0 Å².